The van der Waals surface area contributed by atoms with Crippen molar-refractivity contribution in [1.82, 2.24) is 44.5 Å². The molecular weight excluding hydrogens is 692 g/mol. The third-order valence-electron chi connectivity index (χ3n) is 7.08. The molecule has 0 spiro atoms. The van der Waals surface area contributed by atoms with E-state index < -0.39 is 87.1 Å². The first-order valence-electron chi connectivity index (χ1n) is 12.7. The Bertz CT molecular complexity index is 2010. The Hall–Kier alpha value is -2.79. The molecule has 2 bridgehead atoms. The number of alkyl halides is 2. The van der Waals surface area contributed by atoms with Crippen LogP contribution in [0, 0.1) is 0 Å². The highest BCUT2D eigenvalue weighted by Gasteiger charge is 2.54. The molecule has 7 rings (SSSR count). The predicted molar refractivity (Wildman–Crippen MR) is 151 cm³/mol. The van der Waals surface area contributed by atoms with Gasteiger partial charge in [0, 0.05) is 0 Å². The minimum Gasteiger partial charge on any atom is -0.369 e. The minimum atomic E-state index is -4.53. The van der Waals surface area contributed by atoms with Gasteiger partial charge in [-0.2, -0.15) is 9.67 Å². The highest BCUT2D eigenvalue weighted by atomic mass is 32.7. The van der Waals surface area contributed by atoms with Gasteiger partial charge in [-0.3, -0.25) is 37.2 Å². The number of nitrogens with two attached hydrogens (primary N) is 1. The number of H-pyrrole nitrogens is 2. The topological polar surface area (TPSA) is 256 Å². The van der Waals surface area contributed by atoms with Crippen LogP contribution in [-0.2, 0) is 36.7 Å². The van der Waals surface area contributed by atoms with E-state index in [1.165, 1.54) is 0 Å². The first kappa shape index (κ1) is 30.8. The lowest BCUT2D eigenvalue weighted by molar-refractivity contribution is -0.0583. The predicted octanol–water partition coefficient (Wildman–Crippen LogP) is 0.594. The van der Waals surface area contributed by atoms with E-state index in [0.29, 0.717) is 0 Å². The van der Waals surface area contributed by atoms with Crippen molar-refractivity contribution < 1.29 is 45.5 Å². The molecule has 4 N–H and O–H groups in total. The molecule has 0 aliphatic carbocycles. The fourth-order valence-corrected chi connectivity index (χ4v) is 8.03. The van der Waals surface area contributed by atoms with Crippen molar-refractivity contribution in [2.75, 3.05) is 18.9 Å². The van der Waals surface area contributed by atoms with Crippen molar-refractivity contribution in [1.29, 1.82) is 0 Å². The number of nitrogens with zero attached hydrogens (tertiary/aromatic N) is 7. The van der Waals surface area contributed by atoms with Gasteiger partial charge < -0.3 is 20.2 Å². The number of thiol groups is 2. The molecule has 7 heterocycles. The highest BCUT2D eigenvalue weighted by molar-refractivity contribution is 8.44. The lowest BCUT2D eigenvalue weighted by atomic mass is 10.1. The molecule has 3 fully saturated rings. The van der Waals surface area contributed by atoms with Crippen LogP contribution >= 0.6 is 38.1 Å². The average molecular weight is 713 g/mol. The Morgan fingerprint density at radius 1 is 0.911 bits per heavy atom. The number of ether oxygens (including phenoxy) is 2. The first-order chi connectivity index (χ1) is 21.3. The molecule has 0 radical (unpaired) electrons. The number of nitrogen functional groups attached to an aromatic ring is 1. The molecule has 4 aromatic heterocycles. The van der Waals surface area contributed by atoms with Gasteiger partial charge in [-0.25, -0.2) is 27.9 Å². The van der Waals surface area contributed by atoms with E-state index in [0.717, 1.165) is 21.9 Å². The van der Waals surface area contributed by atoms with Gasteiger partial charge in [-0.05, 0) is 0 Å². The zero-order valence-electron chi connectivity index (χ0n) is 22.0. The molecule has 3 saturated heterocycles. The molecule has 242 valence electrons. The number of nitrogens with one attached hydrogen (secondary N) is 2. The van der Waals surface area contributed by atoms with Crippen LogP contribution in [0.15, 0.2) is 22.2 Å². The van der Waals surface area contributed by atoms with Crippen LogP contribution in [0.5, 0.6) is 0 Å². The summed E-state index contributed by atoms with van der Waals surface area (Å²) in [5, 5.41) is 7.43. The maximum Gasteiger partial charge on any atom is 0.386 e. The number of rotatable bonds is 2. The third-order valence-corrected chi connectivity index (χ3v) is 10.3. The number of imidazole rings is 1. The quantitative estimate of drug-likeness (QED) is 0.141. The average Bonchev–Trinajstić information content (AvgIpc) is 3.72. The molecule has 4 aromatic rings. The summed E-state index contributed by atoms with van der Waals surface area (Å²) in [6.45, 7) is -10.6. The summed E-state index contributed by atoms with van der Waals surface area (Å²) in [5.74, 6) is -0.281. The lowest BCUT2D eigenvalue weighted by Crippen LogP contribution is -2.34. The number of hydrogen-bond donors (Lipinski definition) is 5. The highest BCUT2D eigenvalue weighted by Crippen LogP contribution is 2.60. The van der Waals surface area contributed by atoms with Crippen molar-refractivity contribution in [3.63, 3.8) is 0 Å². The fourth-order valence-electron chi connectivity index (χ4n) is 5.10. The second-order valence-electron chi connectivity index (χ2n) is 9.90. The zero-order chi connectivity index (χ0) is 31.8. The van der Waals surface area contributed by atoms with Crippen LogP contribution in [0.3, 0.4) is 0 Å². The summed E-state index contributed by atoms with van der Waals surface area (Å²) in [4.78, 5) is 40.8. The van der Waals surface area contributed by atoms with Crippen LogP contribution in [0.4, 0.5) is 14.7 Å². The SMILES string of the molecule is Nc1nc2c(ncn2C2O[C@@H]3COP(=O)(S)O[C@H]4[C@H](F)[C@H](n5nnc6c(=O)[nH]cnc65)O[C@@H]4COP(=O)(S)O[C@@H]2[C@@H]3F)c(=O)[nH]1. The van der Waals surface area contributed by atoms with E-state index in [-0.39, 0.29) is 28.3 Å². The zero-order valence-corrected chi connectivity index (χ0v) is 25.6. The first-order valence-corrected chi connectivity index (χ1v) is 18.1. The maximum absolute atomic E-state index is 15.9. The fraction of sp³-hybridized carbons (Fsp3) is 0.526. The minimum absolute atomic E-state index is 0.123. The number of aromatic nitrogens is 9. The normalized spacial score (nSPS) is 37.7. The van der Waals surface area contributed by atoms with Gasteiger partial charge in [0.25, 0.3) is 11.1 Å². The third kappa shape index (κ3) is 5.51. The van der Waals surface area contributed by atoms with Crippen molar-refractivity contribution in [3.8, 4) is 0 Å². The van der Waals surface area contributed by atoms with Gasteiger partial charge in [-0.1, -0.05) is 29.7 Å². The number of aromatic amines is 2. The van der Waals surface area contributed by atoms with E-state index in [1.54, 1.807) is 0 Å². The molecular formula is C19H20F2N10O10P2S2. The standard InChI is InChI=1S/C19H20F2N10O10P2S2/c20-7-5-1-36-42(34,44)40-11-6(39-17(8(11)21)31-13-10(28-29-31)15(32)24-3-23-13)2-37-43(35,45)41-12(7)18(38-5)30-4-25-9-14(30)26-19(22)27-16(9)33/h3-8,11-12,17-18H,1-2H2,(H,34,44)(H,35,45)(H,23,24,32)(H3,22,26,27,33)/t5-,6-,7-,8+,11-,12-,17-,18?,42?,43?/m1/s1. The van der Waals surface area contributed by atoms with Crippen molar-refractivity contribution in [3.05, 3.63) is 33.4 Å². The van der Waals surface area contributed by atoms with Crippen molar-refractivity contribution in [2.45, 2.75) is 49.2 Å². The second kappa shape index (κ2) is 11.2. The van der Waals surface area contributed by atoms with E-state index in [9.17, 15) is 18.7 Å². The van der Waals surface area contributed by atoms with Crippen LogP contribution < -0.4 is 16.9 Å². The molecule has 0 aromatic carbocycles. The molecule has 3 aliphatic rings. The molecule has 20 nitrogen and oxygen atoms in total. The van der Waals surface area contributed by atoms with E-state index >= 15 is 8.78 Å². The van der Waals surface area contributed by atoms with Crippen LogP contribution in [-0.4, -0.2) is 94.5 Å². The van der Waals surface area contributed by atoms with Gasteiger partial charge >= 0.3 is 13.6 Å². The molecule has 45 heavy (non-hydrogen) atoms. The van der Waals surface area contributed by atoms with Gasteiger partial charge in [0.15, 0.2) is 47.1 Å². The summed E-state index contributed by atoms with van der Waals surface area (Å²) < 4.78 is 93.4. The Kier molecular flexibility index (Phi) is 7.66. The number of halogens is 2. The summed E-state index contributed by atoms with van der Waals surface area (Å²) >= 11 is 7.87. The van der Waals surface area contributed by atoms with E-state index in [4.69, 9.17) is 33.3 Å². The van der Waals surface area contributed by atoms with Gasteiger partial charge in [0.1, 0.15) is 24.4 Å². The van der Waals surface area contributed by atoms with Crippen LogP contribution in [0.25, 0.3) is 22.3 Å². The number of anilines is 1. The lowest BCUT2D eigenvalue weighted by Gasteiger charge is -2.26. The summed E-state index contributed by atoms with van der Waals surface area (Å²) in [6, 6.07) is 0. The molecule has 0 saturated carbocycles. The maximum atomic E-state index is 15.9. The van der Waals surface area contributed by atoms with Crippen molar-refractivity contribution in [2.24, 2.45) is 0 Å². The molecule has 26 heteroatoms. The van der Waals surface area contributed by atoms with E-state index in [2.05, 4.69) is 59.7 Å². The smallest absolute Gasteiger partial charge is 0.369 e. The monoisotopic (exact) mass is 712 g/mol. The Balaban J connectivity index is 1.21. The number of hydrogen-bond acceptors (Lipinski definition) is 16. The van der Waals surface area contributed by atoms with Crippen LogP contribution in [0.1, 0.15) is 12.5 Å². The molecule has 3 aliphatic heterocycles. The van der Waals surface area contributed by atoms with Crippen molar-refractivity contribution >= 4 is 66.4 Å². The number of fused-ring (bicyclic) bond motifs is 5. The summed E-state index contributed by atoms with van der Waals surface area (Å²) in [5.41, 5.74) is 3.65. The molecule has 3 unspecified atom stereocenters. The van der Waals surface area contributed by atoms with Gasteiger partial charge in [0.05, 0.1) is 25.9 Å². The summed E-state index contributed by atoms with van der Waals surface area (Å²) in [6.07, 6.45) is -11.9. The van der Waals surface area contributed by atoms with Gasteiger partial charge in [0.2, 0.25) is 5.95 Å². The molecule has 0 amide bonds. The summed E-state index contributed by atoms with van der Waals surface area (Å²) in [7, 11) is 0. The van der Waals surface area contributed by atoms with Gasteiger partial charge in [-0.15, -0.1) is 5.10 Å². The molecule has 10 atom stereocenters. The van der Waals surface area contributed by atoms with E-state index in [1.807, 2.05) is 0 Å². The second-order valence-corrected chi connectivity index (χ2v) is 15.7. The Morgan fingerprint density at radius 2 is 1.60 bits per heavy atom. The largest absolute Gasteiger partial charge is 0.386 e. The Labute approximate surface area is 257 Å². The Morgan fingerprint density at radius 3 is 2.36 bits per heavy atom. The van der Waals surface area contributed by atoms with Crippen LogP contribution in [0.2, 0.25) is 0 Å².